The molecule has 0 bridgehead atoms. The topological polar surface area (TPSA) is 30.5 Å². The molecule has 120 valence electrons. The van der Waals surface area contributed by atoms with E-state index in [0.717, 1.165) is 35.2 Å². The van der Waals surface area contributed by atoms with Crippen molar-refractivity contribution < 1.29 is 21.9 Å². The Labute approximate surface area is 143 Å². The van der Waals surface area contributed by atoms with Crippen LogP contribution in [0, 0.1) is 0 Å². The Bertz CT molecular complexity index is 573. The molecule has 0 radical (unpaired) electrons. The Morgan fingerprint density at radius 3 is 2.32 bits per heavy atom. The Balaban J connectivity index is 0.00000242. The maximum Gasteiger partial charge on any atom is 0.161 e. The summed E-state index contributed by atoms with van der Waals surface area (Å²) in [5, 5.41) is 4.02. The fourth-order valence-electron chi connectivity index (χ4n) is 1.95. The highest BCUT2D eigenvalue weighted by Crippen LogP contribution is 2.29. The average molecular weight is 341 g/mol. The molecule has 0 atom stereocenters. The predicted octanol–water partition coefficient (Wildman–Crippen LogP) is 1.04. The van der Waals surface area contributed by atoms with Crippen molar-refractivity contribution in [2.45, 2.75) is 20.1 Å². The molecule has 0 aromatic heterocycles. The van der Waals surface area contributed by atoms with E-state index in [9.17, 15) is 0 Å². The summed E-state index contributed by atoms with van der Waals surface area (Å²) < 4.78 is 11.2. The molecular formula is C17H20Cl2NO2-. The second-order valence-electron chi connectivity index (χ2n) is 4.68. The van der Waals surface area contributed by atoms with Crippen LogP contribution in [0.5, 0.6) is 11.5 Å². The van der Waals surface area contributed by atoms with Gasteiger partial charge >= 0.3 is 0 Å². The summed E-state index contributed by atoms with van der Waals surface area (Å²) in [5.74, 6) is 1.49. The lowest BCUT2D eigenvalue weighted by molar-refractivity contribution is -0.00000484. The van der Waals surface area contributed by atoms with E-state index in [0.29, 0.717) is 6.61 Å². The third-order valence-corrected chi connectivity index (χ3v) is 3.37. The lowest BCUT2D eigenvalue weighted by atomic mass is 10.2. The van der Waals surface area contributed by atoms with Gasteiger partial charge in [0, 0.05) is 11.6 Å². The van der Waals surface area contributed by atoms with Gasteiger partial charge in [-0.15, -0.1) is 0 Å². The normalized spacial score (nSPS) is 9.95. The van der Waals surface area contributed by atoms with Crippen molar-refractivity contribution in [3.05, 3.63) is 58.6 Å². The van der Waals surface area contributed by atoms with Crippen molar-refractivity contribution in [3.8, 4) is 11.5 Å². The Morgan fingerprint density at radius 1 is 1.00 bits per heavy atom. The number of halogens is 2. The van der Waals surface area contributed by atoms with Crippen LogP contribution >= 0.6 is 11.6 Å². The zero-order valence-corrected chi connectivity index (χ0v) is 14.2. The molecule has 0 spiro atoms. The molecule has 0 heterocycles. The van der Waals surface area contributed by atoms with Crippen molar-refractivity contribution in [2.24, 2.45) is 0 Å². The molecule has 0 fully saturated rings. The maximum atomic E-state index is 5.87. The molecular weight excluding hydrogens is 321 g/mol. The second kappa shape index (κ2) is 9.57. The van der Waals surface area contributed by atoms with Crippen LogP contribution in [0.4, 0.5) is 0 Å². The van der Waals surface area contributed by atoms with E-state index in [2.05, 4.69) is 12.2 Å². The molecule has 5 heteroatoms. The number of ether oxygens (including phenoxy) is 2. The van der Waals surface area contributed by atoms with E-state index >= 15 is 0 Å². The predicted molar refractivity (Wildman–Crippen MR) is 86.2 cm³/mol. The molecule has 0 aliphatic rings. The van der Waals surface area contributed by atoms with Crippen molar-refractivity contribution in [1.29, 1.82) is 0 Å². The Morgan fingerprint density at radius 2 is 1.68 bits per heavy atom. The number of nitrogens with one attached hydrogen (secondary N) is 1. The van der Waals surface area contributed by atoms with Gasteiger partial charge in [-0.05, 0) is 41.9 Å². The monoisotopic (exact) mass is 340 g/mol. The smallest absolute Gasteiger partial charge is 0.161 e. The van der Waals surface area contributed by atoms with Gasteiger partial charge in [0.2, 0.25) is 0 Å². The zero-order valence-electron chi connectivity index (χ0n) is 12.7. The summed E-state index contributed by atoms with van der Waals surface area (Å²) in [6.45, 7) is 4.34. The molecule has 2 aromatic carbocycles. The summed E-state index contributed by atoms with van der Waals surface area (Å²) in [6, 6.07) is 13.6. The summed E-state index contributed by atoms with van der Waals surface area (Å²) >= 11 is 5.87. The van der Waals surface area contributed by atoms with Gasteiger partial charge in [0.1, 0.15) is 6.61 Å². The van der Waals surface area contributed by atoms with Crippen molar-refractivity contribution in [2.75, 3.05) is 13.7 Å². The minimum absolute atomic E-state index is 0. The fourth-order valence-corrected chi connectivity index (χ4v) is 2.08. The number of hydrogen-bond acceptors (Lipinski definition) is 3. The molecule has 0 amide bonds. The number of benzene rings is 2. The van der Waals surface area contributed by atoms with Gasteiger partial charge in [-0.2, -0.15) is 0 Å². The molecule has 22 heavy (non-hydrogen) atoms. The lowest BCUT2D eigenvalue weighted by Gasteiger charge is -2.12. The summed E-state index contributed by atoms with van der Waals surface area (Å²) in [5.41, 5.74) is 2.24. The summed E-state index contributed by atoms with van der Waals surface area (Å²) in [4.78, 5) is 0. The fraction of sp³-hybridized carbons (Fsp3) is 0.294. The zero-order chi connectivity index (χ0) is 15.1. The van der Waals surface area contributed by atoms with E-state index in [1.54, 1.807) is 7.11 Å². The first-order valence-electron chi connectivity index (χ1n) is 6.97. The van der Waals surface area contributed by atoms with Crippen molar-refractivity contribution in [3.63, 3.8) is 0 Å². The quantitative estimate of drug-likeness (QED) is 0.816. The molecule has 2 rings (SSSR count). The number of methoxy groups -OCH3 is 1. The molecule has 0 saturated carbocycles. The van der Waals surface area contributed by atoms with Crippen LogP contribution in [0.15, 0.2) is 42.5 Å². The third-order valence-electron chi connectivity index (χ3n) is 3.11. The molecule has 0 aliphatic carbocycles. The van der Waals surface area contributed by atoms with Crippen molar-refractivity contribution in [1.82, 2.24) is 5.32 Å². The van der Waals surface area contributed by atoms with Crippen LogP contribution < -0.4 is 27.2 Å². The first-order valence-corrected chi connectivity index (χ1v) is 7.35. The van der Waals surface area contributed by atoms with E-state index in [4.69, 9.17) is 21.1 Å². The van der Waals surface area contributed by atoms with E-state index < -0.39 is 0 Å². The van der Waals surface area contributed by atoms with E-state index in [-0.39, 0.29) is 12.4 Å². The van der Waals surface area contributed by atoms with Gasteiger partial charge in [-0.3, -0.25) is 0 Å². The van der Waals surface area contributed by atoms with Gasteiger partial charge in [0.15, 0.2) is 11.5 Å². The SMILES string of the molecule is CCNCc1ccc(OCc2ccc(Cl)cc2)c(OC)c1.[Cl-]. The average Bonchev–Trinajstić information content (AvgIpc) is 2.52. The van der Waals surface area contributed by atoms with Gasteiger partial charge in [-0.25, -0.2) is 0 Å². The number of hydrogen-bond donors (Lipinski definition) is 1. The van der Waals surface area contributed by atoms with Gasteiger partial charge in [-0.1, -0.05) is 36.7 Å². The van der Waals surface area contributed by atoms with E-state index in [1.165, 1.54) is 5.56 Å². The Hall–Kier alpha value is -1.42. The molecule has 1 N–H and O–H groups in total. The van der Waals surface area contributed by atoms with Crippen LogP contribution in [0.2, 0.25) is 5.02 Å². The summed E-state index contributed by atoms with van der Waals surface area (Å²) in [6.07, 6.45) is 0. The van der Waals surface area contributed by atoms with Crippen LogP contribution in [0.3, 0.4) is 0 Å². The third kappa shape index (κ3) is 5.41. The van der Waals surface area contributed by atoms with Crippen LogP contribution in [-0.4, -0.2) is 13.7 Å². The van der Waals surface area contributed by atoms with Crippen LogP contribution in [0.25, 0.3) is 0 Å². The highest BCUT2D eigenvalue weighted by molar-refractivity contribution is 6.30. The highest BCUT2D eigenvalue weighted by atomic mass is 35.5. The first-order chi connectivity index (χ1) is 10.2. The Kier molecular flexibility index (Phi) is 8.10. The van der Waals surface area contributed by atoms with E-state index in [1.807, 2.05) is 42.5 Å². The first kappa shape index (κ1) is 18.6. The molecule has 2 aromatic rings. The van der Waals surface area contributed by atoms with Crippen LogP contribution in [-0.2, 0) is 13.2 Å². The van der Waals surface area contributed by atoms with Crippen molar-refractivity contribution >= 4 is 11.6 Å². The minimum Gasteiger partial charge on any atom is -1.00 e. The van der Waals surface area contributed by atoms with Gasteiger partial charge in [0.25, 0.3) is 0 Å². The largest absolute Gasteiger partial charge is 1.00 e. The second-order valence-corrected chi connectivity index (χ2v) is 5.12. The maximum absolute atomic E-state index is 5.87. The summed E-state index contributed by atoms with van der Waals surface area (Å²) in [7, 11) is 1.65. The van der Waals surface area contributed by atoms with Crippen LogP contribution in [0.1, 0.15) is 18.1 Å². The lowest BCUT2D eigenvalue weighted by Crippen LogP contribution is -3.00. The minimum atomic E-state index is 0. The van der Waals surface area contributed by atoms with Gasteiger partial charge < -0.3 is 27.2 Å². The highest BCUT2D eigenvalue weighted by Gasteiger charge is 2.06. The molecule has 0 unspecified atom stereocenters. The molecule has 0 aliphatic heterocycles. The molecule has 3 nitrogen and oxygen atoms in total. The van der Waals surface area contributed by atoms with Gasteiger partial charge in [0.05, 0.1) is 7.11 Å². The number of rotatable bonds is 7. The molecule has 0 saturated heterocycles. The standard InChI is InChI=1S/C17H20ClNO2.ClH/c1-3-19-11-14-6-9-16(17(10-14)20-2)21-12-13-4-7-15(18)8-5-13;/h4-10,19H,3,11-12H2,1-2H3;1H/p-1.